The molecule has 5 nitrogen and oxygen atoms in total. The van der Waals surface area contributed by atoms with Crippen LogP contribution in [0.3, 0.4) is 0 Å². The van der Waals surface area contributed by atoms with E-state index in [-0.39, 0.29) is 17.8 Å². The highest BCUT2D eigenvalue weighted by Gasteiger charge is 2.11. The molecule has 0 spiro atoms. The topological polar surface area (TPSA) is 64.2 Å². The summed E-state index contributed by atoms with van der Waals surface area (Å²) < 4.78 is 12.9. The van der Waals surface area contributed by atoms with E-state index >= 15 is 0 Å². The Bertz CT molecular complexity index is 998. The Hall–Kier alpha value is -3.26. The Labute approximate surface area is 145 Å². The molecule has 0 fully saturated rings. The minimum Gasteiger partial charge on any atom is -0.494 e. The van der Waals surface area contributed by atoms with Crippen LogP contribution in [0, 0.1) is 11.3 Å². The molecule has 25 heavy (non-hydrogen) atoms. The number of nitriles is 1. The molecule has 5 heteroatoms. The van der Waals surface area contributed by atoms with Crippen molar-refractivity contribution in [3.8, 4) is 17.6 Å². The lowest BCUT2D eigenvalue weighted by Gasteiger charge is -2.12. The molecule has 0 amide bonds. The molecular weight excluding hydrogens is 316 g/mol. The summed E-state index contributed by atoms with van der Waals surface area (Å²) >= 11 is 0. The van der Waals surface area contributed by atoms with Crippen LogP contribution in [-0.4, -0.2) is 11.2 Å². The maximum atomic E-state index is 12.6. The molecule has 2 aromatic carbocycles. The van der Waals surface area contributed by atoms with E-state index in [9.17, 15) is 10.1 Å². The van der Waals surface area contributed by atoms with Crippen molar-refractivity contribution in [2.24, 2.45) is 7.05 Å². The van der Waals surface area contributed by atoms with Gasteiger partial charge in [-0.3, -0.25) is 4.79 Å². The highest BCUT2D eigenvalue weighted by atomic mass is 16.5. The monoisotopic (exact) mass is 334 g/mol. The summed E-state index contributed by atoms with van der Waals surface area (Å²) in [6.07, 6.45) is 1.63. The number of aromatic nitrogens is 1. The molecule has 0 saturated heterocycles. The minimum absolute atomic E-state index is 0.212. The Kier molecular flexibility index (Phi) is 4.71. The smallest absolute Gasteiger partial charge is 0.231 e. The number of hydrogen-bond acceptors (Lipinski definition) is 4. The van der Waals surface area contributed by atoms with Crippen LogP contribution in [0.5, 0.6) is 11.5 Å². The van der Waals surface area contributed by atoms with Crippen LogP contribution in [0.1, 0.15) is 18.1 Å². The van der Waals surface area contributed by atoms with Gasteiger partial charge in [0.2, 0.25) is 5.43 Å². The number of nitrogens with zero attached hydrogens (tertiary/aromatic N) is 2. The molecule has 126 valence electrons. The predicted octanol–water partition coefficient (Wildman–Crippen LogP) is 3.39. The van der Waals surface area contributed by atoms with E-state index in [4.69, 9.17) is 9.47 Å². The van der Waals surface area contributed by atoms with Gasteiger partial charge in [0.25, 0.3) is 0 Å². The van der Waals surface area contributed by atoms with E-state index in [1.54, 1.807) is 36.0 Å². The van der Waals surface area contributed by atoms with Gasteiger partial charge in [-0.2, -0.15) is 5.26 Å². The molecule has 0 radical (unpaired) electrons. The second-order valence-electron chi connectivity index (χ2n) is 5.61. The maximum Gasteiger partial charge on any atom is 0.231 e. The largest absolute Gasteiger partial charge is 0.494 e. The van der Waals surface area contributed by atoms with Crippen molar-refractivity contribution >= 4 is 10.9 Å². The van der Waals surface area contributed by atoms with Gasteiger partial charge >= 0.3 is 0 Å². The number of aryl methyl sites for hydroxylation is 1. The normalized spacial score (nSPS) is 10.4. The Morgan fingerprint density at radius 3 is 2.56 bits per heavy atom. The molecule has 1 heterocycles. The SMILES string of the molecule is CCOc1ccc(COc2cn(C)c3c(C#N)cccc3c2=O)cc1. The third-order valence-corrected chi connectivity index (χ3v) is 3.92. The minimum atomic E-state index is -0.212. The Morgan fingerprint density at radius 2 is 1.88 bits per heavy atom. The summed E-state index contributed by atoms with van der Waals surface area (Å²) in [5.74, 6) is 1.07. The van der Waals surface area contributed by atoms with Gasteiger partial charge in [0, 0.05) is 7.05 Å². The maximum absolute atomic E-state index is 12.6. The van der Waals surface area contributed by atoms with Crippen molar-refractivity contribution in [1.82, 2.24) is 4.57 Å². The van der Waals surface area contributed by atoms with Gasteiger partial charge in [-0.1, -0.05) is 18.2 Å². The summed E-state index contributed by atoms with van der Waals surface area (Å²) in [5.41, 5.74) is 1.81. The van der Waals surface area contributed by atoms with Crippen LogP contribution in [0.2, 0.25) is 0 Å². The molecule has 0 N–H and O–H groups in total. The quantitative estimate of drug-likeness (QED) is 0.717. The molecule has 0 saturated carbocycles. The molecule has 3 aromatic rings. The fraction of sp³-hybridized carbons (Fsp3) is 0.200. The van der Waals surface area contributed by atoms with Gasteiger partial charge in [0.05, 0.1) is 29.3 Å². The van der Waals surface area contributed by atoms with Crippen molar-refractivity contribution in [3.05, 3.63) is 70.0 Å². The summed E-state index contributed by atoms with van der Waals surface area (Å²) in [4.78, 5) is 12.6. The molecule has 0 atom stereocenters. The van der Waals surface area contributed by atoms with E-state index in [1.165, 1.54) is 0 Å². The number of hydrogen-bond donors (Lipinski definition) is 0. The molecule has 0 aliphatic heterocycles. The van der Waals surface area contributed by atoms with Gasteiger partial charge < -0.3 is 14.0 Å². The van der Waals surface area contributed by atoms with Crippen LogP contribution in [0.4, 0.5) is 0 Å². The number of rotatable bonds is 5. The Morgan fingerprint density at radius 1 is 1.12 bits per heavy atom. The lowest BCUT2D eigenvalue weighted by molar-refractivity contribution is 0.301. The number of ether oxygens (including phenoxy) is 2. The van der Waals surface area contributed by atoms with Crippen molar-refractivity contribution in [3.63, 3.8) is 0 Å². The molecular formula is C20H18N2O3. The second-order valence-corrected chi connectivity index (χ2v) is 5.61. The fourth-order valence-corrected chi connectivity index (χ4v) is 2.74. The average Bonchev–Trinajstić information content (AvgIpc) is 2.64. The van der Waals surface area contributed by atoms with Crippen LogP contribution in [0.15, 0.2) is 53.5 Å². The standard InChI is InChI=1S/C20H18N2O3/c1-3-24-16-9-7-14(8-10-16)13-25-18-12-22(2)19-15(11-21)5-4-6-17(19)20(18)23/h4-10,12H,3,13H2,1-2H3. The first kappa shape index (κ1) is 16.6. The first-order valence-corrected chi connectivity index (χ1v) is 8.01. The average molecular weight is 334 g/mol. The number of pyridine rings is 1. The first-order valence-electron chi connectivity index (χ1n) is 8.01. The van der Waals surface area contributed by atoms with Crippen molar-refractivity contribution in [1.29, 1.82) is 5.26 Å². The second kappa shape index (κ2) is 7.10. The van der Waals surface area contributed by atoms with Crippen molar-refractivity contribution in [2.45, 2.75) is 13.5 Å². The highest BCUT2D eigenvalue weighted by molar-refractivity contribution is 5.85. The summed E-state index contributed by atoms with van der Waals surface area (Å²) in [5, 5.41) is 9.70. The van der Waals surface area contributed by atoms with E-state index in [1.807, 2.05) is 31.2 Å². The zero-order chi connectivity index (χ0) is 17.8. The van der Waals surface area contributed by atoms with E-state index in [0.717, 1.165) is 11.3 Å². The third kappa shape index (κ3) is 3.33. The van der Waals surface area contributed by atoms with Crippen molar-refractivity contribution in [2.75, 3.05) is 6.61 Å². The molecule has 0 aliphatic rings. The Balaban J connectivity index is 1.88. The zero-order valence-electron chi connectivity index (χ0n) is 14.2. The van der Waals surface area contributed by atoms with E-state index < -0.39 is 0 Å². The predicted molar refractivity (Wildman–Crippen MR) is 95.8 cm³/mol. The highest BCUT2D eigenvalue weighted by Crippen LogP contribution is 2.19. The summed E-state index contributed by atoms with van der Waals surface area (Å²) in [6, 6.07) is 14.8. The van der Waals surface area contributed by atoms with Crippen LogP contribution in [0.25, 0.3) is 10.9 Å². The van der Waals surface area contributed by atoms with E-state index in [0.29, 0.717) is 23.1 Å². The zero-order valence-corrected chi connectivity index (χ0v) is 14.2. The van der Waals surface area contributed by atoms with Crippen LogP contribution in [-0.2, 0) is 13.7 Å². The molecule has 0 unspecified atom stereocenters. The molecule has 3 rings (SSSR count). The molecule has 1 aromatic heterocycles. The third-order valence-electron chi connectivity index (χ3n) is 3.92. The summed E-state index contributed by atoms with van der Waals surface area (Å²) in [7, 11) is 1.80. The van der Waals surface area contributed by atoms with Gasteiger partial charge in [0.15, 0.2) is 5.75 Å². The lowest BCUT2D eigenvalue weighted by Crippen LogP contribution is -2.13. The van der Waals surface area contributed by atoms with Gasteiger partial charge in [-0.25, -0.2) is 0 Å². The van der Waals surface area contributed by atoms with Crippen LogP contribution < -0.4 is 14.9 Å². The van der Waals surface area contributed by atoms with Gasteiger partial charge in [-0.05, 0) is 36.8 Å². The summed E-state index contributed by atoms with van der Waals surface area (Å²) in [6.45, 7) is 2.84. The number of benzene rings is 2. The molecule has 0 aliphatic carbocycles. The van der Waals surface area contributed by atoms with Gasteiger partial charge in [0.1, 0.15) is 18.4 Å². The van der Waals surface area contributed by atoms with Gasteiger partial charge in [-0.15, -0.1) is 0 Å². The lowest BCUT2D eigenvalue weighted by atomic mass is 10.1. The number of fused-ring (bicyclic) bond motifs is 1. The molecule has 0 bridgehead atoms. The van der Waals surface area contributed by atoms with Crippen molar-refractivity contribution < 1.29 is 9.47 Å². The number of para-hydroxylation sites is 1. The fourth-order valence-electron chi connectivity index (χ4n) is 2.74. The van der Waals surface area contributed by atoms with Crippen LogP contribution >= 0.6 is 0 Å². The van der Waals surface area contributed by atoms with E-state index in [2.05, 4.69) is 6.07 Å². The first-order chi connectivity index (χ1) is 12.1.